The number of aliphatic carboxylic acids is 1. The first-order valence-corrected chi connectivity index (χ1v) is 9.05. The summed E-state index contributed by atoms with van der Waals surface area (Å²) < 4.78 is 24.6. The lowest BCUT2D eigenvalue weighted by atomic mass is 10.0. The molecule has 2 N–H and O–H groups in total. The maximum Gasteiger partial charge on any atom is 0.306 e. The highest BCUT2D eigenvalue weighted by molar-refractivity contribution is 7.88. The van der Waals surface area contributed by atoms with Crippen LogP contribution in [0.1, 0.15) is 39.0 Å². The number of hydrogen-bond acceptors (Lipinski definition) is 4. The lowest BCUT2D eigenvalue weighted by Gasteiger charge is -2.32. The van der Waals surface area contributed by atoms with Crippen LogP contribution in [0, 0.1) is 5.92 Å². The van der Waals surface area contributed by atoms with E-state index in [-0.39, 0.29) is 5.91 Å². The maximum absolute atomic E-state index is 12.1. The minimum atomic E-state index is -3.38. The van der Waals surface area contributed by atoms with Gasteiger partial charge in [-0.05, 0) is 25.7 Å². The molecule has 0 aromatic rings. The third-order valence-corrected chi connectivity index (χ3v) is 5.01. The smallest absolute Gasteiger partial charge is 0.306 e. The van der Waals surface area contributed by atoms with Crippen molar-refractivity contribution in [1.82, 2.24) is 9.62 Å². The number of sulfonamides is 1. The lowest BCUT2D eigenvalue weighted by Crippen LogP contribution is -2.51. The second-order valence-electron chi connectivity index (χ2n) is 5.56. The number of carbonyl (C=O) groups is 2. The molecule has 1 heterocycles. The van der Waals surface area contributed by atoms with Gasteiger partial charge in [0, 0.05) is 13.1 Å². The number of rotatable bonds is 7. The first kappa shape index (κ1) is 17.9. The maximum atomic E-state index is 12.1. The molecule has 0 aliphatic carbocycles. The van der Waals surface area contributed by atoms with Gasteiger partial charge in [-0.25, -0.2) is 8.42 Å². The summed E-state index contributed by atoms with van der Waals surface area (Å²) >= 11 is 0. The van der Waals surface area contributed by atoms with Crippen molar-refractivity contribution in [3.05, 3.63) is 0 Å². The number of hydrogen-bond donors (Lipinski definition) is 2. The topological polar surface area (TPSA) is 104 Å². The fourth-order valence-electron chi connectivity index (χ4n) is 2.43. The van der Waals surface area contributed by atoms with Crippen LogP contribution in [0.5, 0.6) is 0 Å². The standard InChI is InChI=1S/C13H24N2O5S/c1-10(13(17)18)6-5-8-14-12(16)11-7-3-4-9-15(11)21(2,19)20/h10-11H,3-9H2,1-2H3,(H,14,16)(H,17,18). The van der Waals surface area contributed by atoms with Crippen LogP contribution in [0.4, 0.5) is 0 Å². The van der Waals surface area contributed by atoms with Crippen molar-refractivity contribution >= 4 is 21.9 Å². The molecule has 0 bridgehead atoms. The molecule has 0 saturated carbocycles. The Morgan fingerprint density at radius 3 is 2.62 bits per heavy atom. The van der Waals surface area contributed by atoms with Crippen LogP contribution in [-0.4, -0.2) is 55.1 Å². The van der Waals surface area contributed by atoms with Gasteiger partial charge in [-0.3, -0.25) is 9.59 Å². The van der Waals surface area contributed by atoms with Crippen LogP contribution >= 0.6 is 0 Å². The Morgan fingerprint density at radius 2 is 2.05 bits per heavy atom. The van der Waals surface area contributed by atoms with Crippen LogP contribution in [0.3, 0.4) is 0 Å². The van der Waals surface area contributed by atoms with Crippen molar-refractivity contribution in [1.29, 1.82) is 0 Å². The molecule has 0 radical (unpaired) electrons. The Kier molecular flexibility index (Phi) is 6.60. The first-order valence-electron chi connectivity index (χ1n) is 7.21. The van der Waals surface area contributed by atoms with Gasteiger partial charge < -0.3 is 10.4 Å². The first-order chi connectivity index (χ1) is 9.73. The molecule has 1 fully saturated rings. The molecule has 2 atom stereocenters. The molecule has 0 aromatic heterocycles. The van der Waals surface area contributed by atoms with E-state index < -0.39 is 28.0 Å². The highest BCUT2D eigenvalue weighted by atomic mass is 32.2. The summed E-state index contributed by atoms with van der Waals surface area (Å²) in [5, 5.41) is 11.5. The van der Waals surface area contributed by atoms with Crippen molar-refractivity contribution in [2.45, 2.75) is 45.1 Å². The summed E-state index contributed by atoms with van der Waals surface area (Å²) in [5.41, 5.74) is 0. The van der Waals surface area contributed by atoms with E-state index in [0.29, 0.717) is 32.4 Å². The molecular formula is C13H24N2O5S. The fraction of sp³-hybridized carbons (Fsp3) is 0.846. The predicted molar refractivity (Wildman–Crippen MR) is 78.2 cm³/mol. The van der Waals surface area contributed by atoms with E-state index >= 15 is 0 Å². The van der Waals surface area contributed by atoms with Crippen molar-refractivity contribution < 1.29 is 23.1 Å². The van der Waals surface area contributed by atoms with Crippen LogP contribution in [0.25, 0.3) is 0 Å². The van der Waals surface area contributed by atoms with E-state index in [0.717, 1.165) is 19.1 Å². The lowest BCUT2D eigenvalue weighted by molar-refractivity contribution is -0.141. The summed E-state index contributed by atoms with van der Waals surface area (Å²) in [5.74, 6) is -1.58. The number of carboxylic acid groups (broad SMARTS) is 1. The molecule has 1 amide bonds. The summed E-state index contributed by atoms with van der Waals surface area (Å²) in [6.07, 6.45) is 4.30. The fourth-order valence-corrected chi connectivity index (χ4v) is 3.55. The van der Waals surface area contributed by atoms with E-state index in [4.69, 9.17) is 5.11 Å². The van der Waals surface area contributed by atoms with Crippen molar-refractivity contribution in [3.8, 4) is 0 Å². The number of nitrogens with one attached hydrogen (secondary N) is 1. The summed E-state index contributed by atoms with van der Waals surface area (Å²) in [7, 11) is -3.38. The van der Waals surface area contributed by atoms with E-state index in [1.54, 1.807) is 6.92 Å². The Labute approximate surface area is 125 Å². The number of carbonyl (C=O) groups excluding carboxylic acids is 1. The quantitative estimate of drug-likeness (QED) is 0.662. The largest absolute Gasteiger partial charge is 0.481 e. The monoisotopic (exact) mass is 320 g/mol. The van der Waals surface area contributed by atoms with Crippen molar-refractivity contribution in [2.24, 2.45) is 5.92 Å². The van der Waals surface area contributed by atoms with E-state index in [1.165, 1.54) is 4.31 Å². The second kappa shape index (κ2) is 7.74. The Morgan fingerprint density at radius 1 is 1.38 bits per heavy atom. The average Bonchev–Trinajstić information content (AvgIpc) is 2.42. The third-order valence-electron chi connectivity index (χ3n) is 3.72. The Hall–Kier alpha value is -1.15. The minimum absolute atomic E-state index is 0.289. The zero-order valence-corrected chi connectivity index (χ0v) is 13.4. The van der Waals surface area contributed by atoms with Gasteiger partial charge in [-0.15, -0.1) is 0 Å². The minimum Gasteiger partial charge on any atom is -0.481 e. The summed E-state index contributed by atoms with van der Waals surface area (Å²) in [6.45, 7) is 2.37. The summed E-state index contributed by atoms with van der Waals surface area (Å²) in [6, 6.07) is -0.634. The second-order valence-corrected chi connectivity index (χ2v) is 7.49. The van der Waals surface area contributed by atoms with Crippen LogP contribution < -0.4 is 5.32 Å². The zero-order valence-electron chi connectivity index (χ0n) is 12.5. The molecule has 8 heteroatoms. The van der Waals surface area contributed by atoms with Crippen LogP contribution in [0.15, 0.2) is 0 Å². The highest BCUT2D eigenvalue weighted by Gasteiger charge is 2.34. The average molecular weight is 320 g/mol. The van der Waals surface area contributed by atoms with Gasteiger partial charge in [-0.1, -0.05) is 13.3 Å². The van der Waals surface area contributed by atoms with E-state index in [2.05, 4.69) is 5.32 Å². The highest BCUT2D eigenvalue weighted by Crippen LogP contribution is 2.20. The molecular weight excluding hydrogens is 296 g/mol. The number of piperidine rings is 1. The zero-order chi connectivity index (χ0) is 16.0. The molecule has 1 aliphatic heterocycles. The van der Waals surface area contributed by atoms with Gasteiger partial charge in [0.25, 0.3) is 0 Å². The molecule has 1 aliphatic rings. The SMILES string of the molecule is CC(CCCNC(=O)C1CCCCN1S(C)(=O)=O)C(=O)O. The number of nitrogens with zero attached hydrogens (tertiary/aromatic N) is 1. The molecule has 122 valence electrons. The molecule has 1 saturated heterocycles. The Balaban J connectivity index is 2.44. The van der Waals surface area contributed by atoms with Gasteiger partial charge in [0.1, 0.15) is 6.04 Å². The van der Waals surface area contributed by atoms with Gasteiger partial charge in [0.2, 0.25) is 15.9 Å². The van der Waals surface area contributed by atoms with Gasteiger partial charge in [0.15, 0.2) is 0 Å². The summed E-state index contributed by atoms with van der Waals surface area (Å²) in [4.78, 5) is 22.8. The van der Waals surface area contributed by atoms with Gasteiger partial charge in [-0.2, -0.15) is 4.31 Å². The van der Waals surface area contributed by atoms with Gasteiger partial charge >= 0.3 is 5.97 Å². The van der Waals surface area contributed by atoms with Crippen molar-refractivity contribution in [3.63, 3.8) is 0 Å². The number of amides is 1. The third kappa shape index (κ3) is 5.62. The Bertz CT molecular complexity index is 477. The van der Waals surface area contributed by atoms with E-state index in [1.807, 2.05) is 0 Å². The predicted octanol–water partition coefficient (Wildman–Crippen LogP) is 0.418. The van der Waals surface area contributed by atoms with Crippen molar-refractivity contribution in [2.75, 3.05) is 19.3 Å². The van der Waals surface area contributed by atoms with E-state index in [9.17, 15) is 18.0 Å². The normalized spacial score (nSPS) is 21.7. The van der Waals surface area contributed by atoms with Gasteiger partial charge in [0.05, 0.1) is 12.2 Å². The molecule has 1 rings (SSSR count). The van der Waals surface area contributed by atoms with Crippen LogP contribution in [0.2, 0.25) is 0 Å². The molecule has 0 aromatic carbocycles. The number of carboxylic acids is 1. The molecule has 0 spiro atoms. The van der Waals surface area contributed by atoms with Crippen LogP contribution in [-0.2, 0) is 19.6 Å². The molecule has 2 unspecified atom stereocenters. The molecule has 7 nitrogen and oxygen atoms in total. The molecule has 21 heavy (non-hydrogen) atoms.